The van der Waals surface area contributed by atoms with E-state index < -0.39 is 48.3 Å². The van der Waals surface area contributed by atoms with E-state index in [9.17, 15) is 33.4 Å². The van der Waals surface area contributed by atoms with Gasteiger partial charge in [0.05, 0.1) is 16.9 Å². The molecule has 0 aromatic heterocycles. The van der Waals surface area contributed by atoms with Crippen LogP contribution in [0.4, 0.5) is 4.79 Å². The van der Waals surface area contributed by atoms with Gasteiger partial charge in [0.15, 0.2) is 0 Å². The minimum absolute atomic E-state index is 0.198. The molecule has 1 amide bonds. The number of nitrogens with two attached hydrogens (primary N) is 1. The summed E-state index contributed by atoms with van der Waals surface area (Å²) in [6.07, 6.45) is 1.42. The summed E-state index contributed by atoms with van der Waals surface area (Å²) in [5, 5.41) is 23.2. The first kappa shape index (κ1) is 20.7. The Morgan fingerprint density at radius 1 is 1.37 bits per heavy atom. The average Bonchev–Trinajstić information content (AvgIpc) is 3.14. The van der Waals surface area contributed by atoms with Crippen LogP contribution in [-0.4, -0.2) is 72.5 Å². The molecule has 1 heterocycles. The van der Waals surface area contributed by atoms with Gasteiger partial charge in [-0.2, -0.15) is 0 Å². The molecule has 2 N–H and O–H groups in total. The number of nitrogens with zero attached hydrogens (tertiary/aromatic N) is 4. The third-order valence-electron chi connectivity index (χ3n) is 4.61. The van der Waals surface area contributed by atoms with Crippen molar-refractivity contribution in [3.8, 4) is 0 Å². The summed E-state index contributed by atoms with van der Waals surface area (Å²) in [6.45, 7) is 0.591. The number of allylic oxidation sites excluding steroid dienone is 1. The maximum absolute atomic E-state index is 12.6. The zero-order valence-electron chi connectivity index (χ0n) is 14.6. The van der Waals surface area contributed by atoms with E-state index >= 15 is 0 Å². The lowest BCUT2D eigenvalue weighted by Crippen LogP contribution is -2.67. The Hall–Kier alpha value is -2.58. The number of methoxy groups -OCH3 is 1. The highest BCUT2D eigenvalue weighted by molar-refractivity contribution is 7.93. The van der Waals surface area contributed by atoms with Gasteiger partial charge in [-0.3, -0.25) is 30.9 Å². The van der Waals surface area contributed by atoms with Crippen LogP contribution in [0.1, 0.15) is 12.8 Å². The highest BCUT2D eigenvalue weighted by atomic mass is 32.2. The molecule has 0 aromatic rings. The lowest BCUT2D eigenvalue weighted by Gasteiger charge is -2.37. The number of sulfonamides is 1. The smallest absolute Gasteiger partial charge is 0.423 e. The normalized spacial score (nSPS) is 26.1. The third kappa shape index (κ3) is 3.38. The molecule has 0 radical (unpaired) electrons. The average molecular weight is 405 g/mol. The second-order valence-electron chi connectivity index (χ2n) is 6.05. The number of hydrogen-bond acceptors (Lipinski definition) is 10. The molecule has 0 aromatic carbocycles. The van der Waals surface area contributed by atoms with Gasteiger partial charge in [0.2, 0.25) is 5.66 Å². The lowest BCUT2D eigenvalue weighted by atomic mass is 9.91. The Morgan fingerprint density at radius 2 is 1.93 bits per heavy atom. The first-order valence-corrected chi connectivity index (χ1v) is 9.24. The molecule has 2 atom stereocenters. The molecule has 2 unspecified atom stereocenters. The molecule has 1 aliphatic heterocycles. The van der Waals surface area contributed by atoms with Crippen LogP contribution >= 0.6 is 0 Å². The van der Waals surface area contributed by atoms with Crippen molar-refractivity contribution in [3.63, 3.8) is 0 Å². The number of hydrogen-bond donors (Lipinski definition) is 1. The summed E-state index contributed by atoms with van der Waals surface area (Å²) >= 11 is 0. The lowest BCUT2D eigenvalue weighted by molar-refractivity contribution is -0.538. The minimum Gasteiger partial charge on any atom is -0.452 e. The molecular weight excluding hydrogens is 386 g/mol. The summed E-state index contributed by atoms with van der Waals surface area (Å²) in [4.78, 5) is 33.6. The third-order valence-corrected chi connectivity index (χ3v) is 6.33. The van der Waals surface area contributed by atoms with Gasteiger partial charge in [-0.05, 0) is 12.8 Å². The molecule has 2 rings (SSSR count). The summed E-state index contributed by atoms with van der Waals surface area (Å²) in [6, 6.07) is -1.91. The number of rotatable bonds is 5. The topological polar surface area (TPSA) is 179 Å². The van der Waals surface area contributed by atoms with Crippen LogP contribution < -0.4 is 5.73 Å². The van der Waals surface area contributed by atoms with Crippen molar-refractivity contribution in [2.75, 3.05) is 27.2 Å². The molecule has 27 heavy (non-hydrogen) atoms. The summed E-state index contributed by atoms with van der Waals surface area (Å²) < 4.78 is 29.7. The molecule has 0 bridgehead atoms. The van der Waals surface area contributed by atoms with E-state index in [1.54, 1.807) is 0 Å². The molecule has 1 saturated heterocycles. The molecule has 13 nitrogen and oxygen atoms in total. The highest BCUT2D eigenvalue weighted by Gasteiger charge is 2.59. The predicted molar refractivity (Wildman–Crippen MR) is 90.8 cm³/mol. The number of ether oxygens (including phenoxy) is 1. The van der Waals surface area contributed by atoms with E-state index in [0.29, 0.717) is 32.0 Å². The van der Waals surface area contributed by atoms with E-state index in [-0.39, 0.29) is 4.31 Å². The Balaban J connectivity index is 2.64. The van der Waals surface area contributed by atoms with Gasteiger partial charge >= 0.3 is 6.09 Å². The van der Waals surface area contributed by atoms with Crippen LogP contribution in [0.15, 0.2) is 22.8 Å². The zero-order valence-corrected chi connectivity index (χ0v) is 15.4. The summed E-state index contributed by atoms with van der Waals surface area (Å²) in [5.74, 6) is 0. The van der Waals surface area contributed by atoms with E-state index in [0.717, 1.165) is 20.2 Å². The van der Waals surface area contributed by atoms with E-state index in [4.69, 9.17) is 5.73 Å². The number of carbonyl (C=O) groups excluding carboxylic acids is 1. The van der Waals surface area contributed by atoms with Crippen LogP contribution in [-0.2, 0) is 14.8 Å². The van der Waals surface area contributed by atoms with Gasteiger partial charge in [-0.25, -0.2) is 17.5 Å². The first-order valence-electron chi connectivity index (χ1n) is 7.80. The Bertz CT molecular complexity index is 832. The van der Waals surface area contributed by atoms with E-state index in [1.165, 1.54) is 4.90 Å². The van der Waals surface area contributed by atoms with Crippen LogP contribution in [0.5, 0.6) is 0 Å². The van der Waals surface area contributed by atoms with E-state index in [2.05, 4.69) is 4.74 Å². The Morgan fingerprint density at radius 3 is 2.37 bits per heavy atom. The minimum atomic E-state index is -4.62. The number of amides is 1. The molecule has 2 aliphatic rings. The SMILES string of the molecule is COC(=O)N(C)S(=O)(=O)C1=CC([N+](=O)[O-])C(N)(N2CCCC2)C([N+](=O)[O-])=C1. The number of likely N-dealkylation sites (tertiary alicyclic amines) is 1. The standard InChI is InChI=1S/C13H19N5O8S/c1-15(12(19)26-2)27(24,25)9-7-10(17(20)21)13(14,11(8-9)18(22)23)16-5-3-4-6-16/h7-8,10H,3-6,14H2,1-2H3. The Kier molecular flexibility index (Phi) is 5.53. The second kappa shape index (κ2) is 7.21. The fourth-order valence-electron chi connectivity index (χ4n) is 3.13. The fourth-order valence-corrected chi connectivity index (χ4v) is 4.28. The second-order valence-corrected chi connectivity index (χ2v) is 8.02. The molecule has 150 valence electrons. The van der Waals surface area contributed by atoms with Crippen LogP contribution in [0, 0.1) is 20.2 Å². The van der Waals surface area contributed by atoms with Crippen molar-refractivity contribution in [1.82, 2.24) is 9.21 Å². The first-order chi connectivity index (χ1) is 12.5. The number of carbonyl (C=O) groups is 1. The molecule has 1 aliphatic carbocycles. The van der Waals surface area contributed by atoms with Gasteiger partial charge in [0, 0.05) is 37.2 Å². The zero-order chi connectivity index (χ0) is 20.6. The van der Waals surface area contributed by atoms with Crippen molar-refractivity contribution in [2.24, 2.45) is 5.73 Å². The Labute approximate surface area is 154 Å². The van der Waals surface area contributed by atoms with Gasteiger partial charge in [0.25, 0.3) is 21.8 Å². The fraction of sp³-hybridized carbons (Fsp3) is 0.615. The monoisotopic (exact) mass is 405 g/mol. The molecule has 0 saturated carbocycles. The van der Waals surface area contributed by atoms with Gasteiger partial charge < -0.3 is 4.74 Å². The van der Waals surface area contributed by atoms with Crippen molar-refractivity contribution >= 4 is 16.1 Å². The largest absolute Gasteiger partial charge is 0.452 e. The van der Waals surface area contributed by atoms with Crippen molar-refractivity contribution < 1.29 is 27.8 Å². The van der Waals surface area contributed by atoms with Crippen molar-refractivity contribution in [1.29, 1.82) is 0 Å². The molecular formula is C13H19N5O8S. The quantitative estimate of drug-likeness (QED) is 0.461. The maximum Gasteiger partial charge on any atom is 0.423 e. The maximum atomic E-state index is 12.6. The van der Waals surface area contributed by atoms with Gasteiger partial charge in [-0.15, -0.1) is 0 Å². The van der Waals surface area contributed by atoms with Crippen LogP contribution in [0.25, 0.3) is 0 Å². The molecule has 14 heteroatoms. The predicted octanol–water partition coefficient (Wildman–Crippen LogP) is -0.531. The van der Waals surface area contributed by atoms with Crippen LogP contribution in [0.3, 0.4) is 0 Å². The van der Waals surface area contributed by atoms with Crippen molar-refractivity contribution in [3.05, 3.63) is 43.0 Å². The summed E-state index contributed by atoms with van der Waals surface area (Å²) in [5.41, 5.74) is 3.20. The van der Waals surface area contributed by atoms with E-state index in [1.807, 2.05) is 0 Å². The molecule has 0 spiro atoms. The van der Waals surface area contributed by atoms with Gasteiger partial charge in [0.1, 0.15) is 0 Å². The van der Waals surface area contributed by atoms with Crippen molar-refractivity contribution in [2.45, 2.75) is 24.5 Å². The molecule has 1 fully saturated rings. The van der Waals surface area contributed by atoms with Crippen LogP contribution in [0.2, 0.25) is 0 Å². The summed E-state index contributed by atoms with van der Waals surface area (Å²) in [7, 11) is -2.81. The van der Waals surface area contributed by atoms with Gasteiger partial charge in [-0.1, -0.05) is 0 Å². The highest BCUT2D eigenvalue weighted by Crippen LogP contribution is 2.36. The number of nitro groups is 2.